The van der Waals surface area contributed by atoms with Crippen molar-refractivity contribution in [3.63, 3.8) is 0 Å². The minimum absolute atomic E-state index is 0.186. The summed E-state index contributed by atoms with van der Waals surface area (Å²) < 4.78 is 62.8. The Morgan fingerprint density at radius 1 is 1.14 bits per heavy atom. The van der Waals surface area contributed by atoms with Crippen LogP contribution in [0.2, 0.25) is 0 Å². The van der Waals surface area contributed by atoms with Gasteiger partial charge in [0.05, 0.1) is 11.4 Å². The minimum atomic E-state index is -4.24. The van der Waals surface area contributed by atoms with E-state index in [1.807, 2.05) is 0 Å². The summed E-state index contributed by atoms with van der Waals surface area (Å²) in [5, 5.41) is 2.60. The number of nitrogens with zero attached hydrogens (tertiary/aromatic N) is 2. The van der Waals surface area contributed by atoms with Gasteiger partial charge in [0.15, 0.2) is 0 Å². The highest BCUT2D eigenvalue weighted by Crippen LogP contribution is 2.17. The fraction of sp³-hybridized carbons (Fsp3) is 0.526. The normalized spacial score (nSPS) is 12.8. The number of nitrogens with one attached hydrogen (secondary N) is 1. The first kappa shape index (κ1) is 25.1. The Hall–Kier alpha value is -1.91. The first-order valence-corrected chi connectivity index (χ1v) is 10.7. The topological polar surface area (TPSA) is 69.7 Å². The molecular formula is C19H28F3N3O3S. The number of hydrogen-bond acceptors (Lipinski definition) is 4. The van der Waals surface area contributed by atoms with Gasteiger partial charge >= 0.3 is 6.18 Å². The van der Waals surface area contributed by atoms with E-state index in [9.17, 15) is 26.4 Å². The smallest absolute Gasteiger partial charge is 0.353 e. The average molecular weight is 436 g/mol. The zero-order chi connectivity index (χ0) is 22.1. The largest absolute Gasteiger partial charge is 0.401 e. The van der Waals surface area contributed by atoms with Crippen molar-refractivity contribution in [1.29, 1.82) is 0 Å². The third-order valence-corrected chi connectivity index (χ3v) is 6.18. The number of alkyl halides is 3. The van der Waals surface area contributed by atoms with Crippen molar-refractivity contribution in [3.05, 3.63) is 35.9 Å². The number of amides is 1. The molecule has 6 nitrogen and oxygen atoms in total. The molecule has 0 saturated heterocycles. The van der Waals surface area contributed by atoms with Crippen LogP contribution in [-0.4, -0.2) is 69.5 Å². The number of benzene rings is 1. The fourth-order valence-corrected chi connectivity index (χ4v) is 4.10. The molecule has 0 fully saturated rings. The summed E-state index contributed by atoms with van der Waals surface area (Å²) in [7, 11) is -2.15. The molecular weight excluding hydrogens is 407 g/mol. The molecule has 0 atom stereocenters. The van der Waals surface area contributed by atoms with Crippen LogP contribution in [0.1, 0.15) is 25.8 Å². The third-order valence-electron chi connectivity index (χ3n) is 4.12. The number of halogens is 3. The van der Waals surface area contributed by atoms with Gasteiger partial charge in [-0.1, -0.05) is 26.0 Å². The third kappa shape index (κ3) is 8.97. The molecule has 1 N–H and O–H groups in total. The maximum atomic E-state index is 12.4. The van der Waals surface area contributed by atoms with Gasteiger partial charge in [-0.15, -0.1) is 0 Å². The van der Waals surface area contributed by atoms with Crippen molar-refractivity contribution < 1.29 is 26.4 Å². The molecule has 1 aromatic carbocycles. The van der Waals surface area contributed by atoms with Crippen molar-refractivity contribution in [3.8, 4) is 0 Å². The highest BCUT2D eigenvalue weighted by molar-refractivity contribution is 7.89. The lowest BCUT2D eigenvalue weighted by Gasteiger charge is -2.18. The molecule has 0 aliphatic rings. The molecule has 0 radical (unpaired) electrons. The maximum absolute atomic E-state index is 12.4. The van der Waals surface area contributed by atoms with E-state index >= 15 is 0 Å². The molecule has 10 heteroatoms. The molecule has 164 valence electrons. The number of sulfonamides is 1. The molecule has 0 aromatic heterocycles. The van der Waals surface area contributed by atoms with Gasteiger partial charge in [0.25, 0.3) is 0 Å². The highest BCUT2D eigenvalue weighted by atomic mass is 32.2. The lowest BCUT2D eigenvalue weighted by atomic mass is 10.2. The molecule has 0 spiro atoms. The molecule has 0 saturated carbocycles. The Labute approximate surface area is 170 Å². The van der Waals surface area contributed by atoms with Gasteiger partial charge in [-0.05, 0) is 43.8 Å². The van der Waals surface area contributed by atoms with E-state index in [0.717, 1.165) is 4.90 Å². The van der Waals surface area contributed by atoms with Crippen LogP contribution in [0.4, 0.5) is 13.2 Å². The van der Waals surface area contributed by atoms with Crippen LogP contribution in [0, 0.1) is 0 Å². The van der Waals surface area contributed by atoms with Gasteiger partial charge < -0.3 is 5.32 Å². The van der Waals surface area contributed by atoms with E-state index in [1.165, 1.54) is 29.6 Å². The quantitative estimate of drug-likeness (QED) is 0.429. The summed E-state index contributed by atoms with van der Waals surface area (Å²) in [6, 6.07) is 6.18. The van der Waals surface area contributed by atoms with Gasteiger partial charge in [0.2, 0.25) is 15.9 Å². The molecule has 29 heavy (non-hydrogen) atoms. The number of carbonyl (C=O) groups excluding carboxylic acids is 1. The summed E-state index contributed by atoms with van der Waals surface area (Å²) >= 11 is 0. The van der Waals surface area contributed by atoms with Crippen LogP contribution in [0.25, 0.3) is 6.08 Å². The molecule has 0 heterocycles. The Bertz CT molecular complexity index is 774. The van der Waals surface area contributed by atoms with E-state index in [-0.39, 0.29) is 23.9 Å². The SMILES string of the molecule is CCN(CC)S(=O)(=O)c1ccc(/C=C/C(=O)NCCCN(C)CC(F)(F)F)cc1. The van der Waals surface area contributed by atoms with Crippen LogP contribution in [0.3, 0.4) is 0 Å². The summed E-state index contributed by atoms with van der Waals surface area (Å²) in [5.41, 5.74) is 0.656. The molecule has 0 unspecified atom stereocenters. The number of hydrogen-bond donors (Lipinski definition) is 1. The summed E-state index contributed by atoms with van der Waals surface area (Å²) in [6.07, 6.45) is -1.00. The second kappa shape index (κ2) is 11.3. The average Bonchev–Trinajstić information content (AvgIpc) is 2.63. The van der Waals surface area contributed by atoms with Gasteiger partial charge in [-0.2, -0.15) is 17.5 Å². The maximum Gasteiger partial charge on any atom is 0.401 e. The Morgan fingerprint density at radius 2 is 1.72 bits per heavy atom. The predicted octanol–water partition coefficient (Wildman–Crippen LogP) is 2.73. The summed E-state index contributed by atoms with van der Waals surface area (Å²) in [6.45, 7) is 3.79. The van der Waals surface area contributed by atoms with Crippen molar-refractivity contribution in [2.24, 2.45) is 0 Å². The van der Waals surface area contributed by atoms with E-state index in [2.05, 4.69) is 5.32 Å². The Kier molecular flexibility index (Phi) is 9.81. The van der Waals surface area contributed by atoms with E-state index in [0.29, 0.717) is 25.1 Å². The zero-order valence-corrected chi connectivity index (χ0v) is 17.7. The van der Waals surface area contributed by atoms with Crippen molar-refractivity contribution >= 4 is 22.0 Å². The molecule has 0 aliphatic carbocycles. The van der Waals surface area contributed by atoms with Gasteiger partial charge in [0, 0.05) is 25.7 Å². The molecule has 1 aromatic rings. The van der Waals surface area contributed by atoms with Crippen LogP contribution in [0.15, 0.2) is 35.2 Å². The highest BCUT2D eigenvalue weighted by Gasteiger charge is 2.28. The van der Waals surface area contributed by atoms with Gasteiger partial charge in [0.1, 0.15) is 0 Å². The second-order valence-electron chi connectivity index (χ2n) is 6.49. The minimum Gasteiger partial charge on any atom is -0.353 e. The molecule has 1 amide bonds. The Morgan fingerprint density at radius 3 is 2.24 bits per heavy atom. The Balaban J connectivity index is 2.50. The van der Waals surface area contributed by atoms with Crippen LogP contribution in [-0.2, 0) is 14.8 Å². The van der Waals surface area contributed by atoms with Crippen molar-refractivity contribution in [2.45, 2.75) is 31.3 Å². The monoisotopic (exact) mass is 435 g/mol. The first-order chi connectivity index (χ1) is 13.5. The standard InChI is InChI=1S/C19H28F3N3O3S/c1-4-25(5-2)29(27,28)17-10-7-16(8-11-17)9-12-18(26)23-13-6-14-24(3)15-19(20,21)22/h7-12H,4-6,13-15H2,1-3H3,(H,23,26)/b12-9+. The molecule has 0 bridgehead atoms. The van der Waals surface area contributed by atoms with Gasteiger partial charge in [-0.3, -0.25) is 9.69 Å². The second-order valence-corrected chi connectivity index (χ2v) is 8.43. The van der Waals surface area contributed by atoms with Gasteiger partial charge in [-0.25, -0.2) is 8.42 Å². The van der Waals surface area contributed by atoms with Crippen LogP contribution >= 0.6 is 0 Å². The first-order valence-electron chi connectivity index (χ1n) is 9.31. The fourth-order valence-electron chi connectivity index (χ4n) is 2.64. The van der Waals surface area contributed by atoms with E-state index in [1.54, 1.807) is 32.1 Å². The lowest BCUT2D eigenvalue weighted by Crippen LogP contribution is -2.33. The lowest BCUT2D eigenvalue weighted by molar-refractivity contribution is -0.143. The van der Waals surface area contributed by atoms with E-state index in [4.69, 9.17) is 0 Å². The van der Waals surface area contributed by atoms with E-state index < -0.39 is 22.7 Å². The zero-order valence-electron chi connectivity index (χ0n) is 16.9. The van der Waals surface area contributed by atoms with Crippen molar-refractivity contribution in [2.75, 3.05) is 39.8 Å². The predicted molar refractivity (Wildman–Crippen MR) is 107 cm³/mol. The summed E-state index contributed by atoms with van der Waals surface area (Å²) in [5.74, 6) is -0.372. The summed E-state index contributed by atoms with van der Waals surface area (Å²) in [4.78, 5) is 13.1. The number of rotatable bonds is 11. The molecule has 1 rings (SSSR count). The molecule has 0 aliphatic heterocycles. The van der Waals surface area contributed by atoms with Crippen LogP contribution in [0.5, 0.6) is 0 Å². The van der Waals surface area contributed by atoms with Crippen LogP contribution < -0.4 is 5.32 Å². The van der Waals surface area contributed by atoms with Crippen molar-refractivity contribution in [1.82, 2.24) is 14.5 Å². The number of carbonyl (C=O) groups is 1.